The minimum Gasteiger partial charge on any atom is -0.478 e. The maximum absolute atomic E-state index is 12.3. The molecule has 1 aromatic heterocycles. The third-order valence-corrected chi connectivity index (χ3v) is 4.09. The van der Waals surface area contributed by atoms with Crippen LogP contribution >= 0.6 is 31.9 Å². The Labute approximate surface area is 137 Å². The topological polar surface area (TPSA) is 84.2 Å². The molecule has 1 heterocycles. The van der Waals surface area contributed by atoms with Gasteiger partial charge in [-0.3, -0.25) is 9.48 Å². The molecule has 0 radical (unpaired) electrons. The summed E-state index contributed by atoms with van der Waals surface area (Å²) in [6, 6.07) is 3.09. The Balaban J connectivity index is 2.42. The number of nitrogens with zero attached hydrogens (tertiary/aromatic N) is 2. The third-order valence-electron chi connectivity index (χ3n) is 3.00. The van der Waals surface area contributed by atoms with Gasteiger partial charge in [-0.1, -0.05) is 15.9 Å². The van der Waals surface area contributed by atoms with Crippen LogP contribution in [0.3, 0.4) is 0 Å². The fourth-order valence-electron chi connectivity index (χ4n) is 1.77. The third kappa shape index (κ3) is 3.16. The van der Waals surface area contributed by atoms with E-state index in [2.05, 4.69) is 42.3 Å². The zero-order valence-electron chi connectivity index (χ0n) is 11.1. The summed E-state index contributed by atoms with van der Waals surface area (Å²) in [5, 5.41) is 15.9. The predicted molar refractivity (Wildman–Crippen MR) is 84.7 cm³/mol. The lowest BCUT2D eigenvalue weighted by molar-refractivity contribution is 0.0698. The molecule has 0 bridgehead atoms. The molecule has 0 unspecified atom stereocenters. The van der Waals surface area contributed by atoms with Gasteiger partial charge in [-0.05, 0) is 35.0 Å². The zero-order valence-corrected chi connectivity index (χ0v) is 14.3. The summed E-state index contributed by atoms with van der Waals surface area (Å²) >= 11 is 6.48. The molecule has 0 spiro atoms. The molecule has 110 valence electrons. The molecule has 1 aromatic carbocycles. The minimum absolute atomic E-state index is 0.00820. The number of hydrogen-bond acceptors (Lipinski definition) is 3. The number of carboxylic acids is 1. The molecule has 1 amide bonds. The van der Waals surface area contributed by atoms with E-state index in [0.29, 0.717) is 20.2 Å². The average Bonchev–Trinajstić information content (AvgIpc) is 2.72. The highest BCUT2D eigenvalue weighted by molar-refractivity contribution is 9.11. The summed E-state index contributed by atoms with van der Waals surface area (Å²) in [5.41, 5.74) is 1.28. The van der Waals surface area contributed by atoms with E-state index in [0.717, 1.165) is 0 Å². The summed E-state index contributed by atoms with van der Waals surface area (Å²) in [5.74, 6) is -1.54. The van der Waals surface area contributed by atoms with Gasteiger partial charge in [0.2, 0.25) is 0 Å². The minimum atomic E-state index is -1.13. The molecule has 0 fully saturated rings. The second kappa shape index (κ2) is 5.98. The quantitative estimate of drug-likeness (QED) is 0.804. The number of halogens is 2. The fraction of sp³-hybridized carbons (Fsp3) is 0.154. The number of anilines is 1. The first kappa shape index (κ1) is 15.7. The van der Waals surface area contributed by atoms with Crippen molar-refractivity contribution in [3.63, 3.8) is 0 Å². The molecule has 0 aliphatic carbocycles. The molecule has 2 aromatic rings. The summed E-state index contributed by atoms with van der Waals surface area (Å²) in [6.07, 6.45) is 1.44. The highest BCUT2D eigenvalue weighted by atomic mass is 79.9. The Kier molecular flexibility index (Phi) is 4.48. The number of aryl methyl sites for hydroxylation is 1. The van der Waals surface area contributed by atoms with Gasteiger partial charge >= 0.3 is 5.97 Å². The second-order valence-corrected chi connectivity index (χ2v) is 6.11. The standard InChI is InChI=1S/C13H11Br2N3O3/c1-6-9(5-16-18(6)2)12(19)17-11-8(13(20)21)3-7(14)4-10(11)15/h3-5H,1-2H3,(H,17,19)(H,20,21). The maximum atomic E-state index is 12.3. The molecule has 0 saturated heterocycles. The van der Waals surface area contributed by atoms with Gasteiger partial charge in [-0.2, -0.15) is 5.10 Å². The van der Waals surface area contributed by atoms with Crippen molar-refractivity contribution in [3.05, 3.63) is 44.1 Å². The zero-order chi connectivity index (χ0) is 15.7. The van der Waals surface area contributed by atoms with Gasteiger partial charge in [0.1, 0.15) is 0 Å². The highest BCUT2D eigenvalue weighted by Gasteiger charge is 2.19. The lowest BCUT2D eigenvalue weighted by atomic mass is 10.1. The van der Waals surface area contributed by atoms with E-state index in [1.54, 1.807) is 24.7 Å². The Morgan fingerprint density at radius 1 is 1.29 bits per heavy atom. The average molecular weight is 417 g/mol. The molecule has 6 nitrogen and oxygen atoms in total. The van der Waals surface area contributed by atoms with Gasteiger partial charge in [-0.25, -0.2) is 4.79 Å². The number of carboxylic acid groups (broad SMARTS) is 1. The van der Waals surface area contributed by atoms with Crippen LogP contribution in [-0.4, -0.2) is 26.8 Å². The molecule has 0 atom stereocenters. The Morgan fingerprint density at radius 2 is 1.95 bits per heavy atom. The molecule has 21 heavy (non-hydrogen) atoms. The van der Waals surface area contributed by atoms with E-state index in [-0.39, 0.29) is 11.3 Å². The Bertz CT molecular complexity index is 741. The van der Waals surface area contributed by atoms with Crippen LogP contribution in [-0.2, 0) is 7.05 Å². The number of aromatic carboxylic acids is 1. The van der Waals surface area contributed by atoms with Crippen LogP contribution in [0, 0.1) is 6.92 Å². The first-order valence-electron chi connectivity index (χ1n) is 5.83. The van der Waals surface area contributed by atoms with E-state index < -0.39 is 11.9 Å². The van der Waals surface area contributed by atoms with Crippen LogP contribution in [0.2, 0.25) is 0 Å². The smallest absolute Gasteiger partial charge is 0.337 e. The van der Waals surface area contributed by atoms with Crippen molar-refractivity contribution in [2.24, 2.45) is 7.05 Å². The van der Waals surface area contributed by atoms with E-state index in [9.17, 15) is 14.7 Å². The van der Waals surface area contributed by atoms with Crippen LogP contribution in [0.4, 0.5) is 5.69 Å². The van der Waals surface area contributed by atoms with Crippen LogP contribution < -0.4 is 5.32 Å². The summed E-state index contributed by atoms with van der Waals surface area (Å²) in [6.45, 7) is 1.76. The van der Waals surface area contributed by atoms with Crippen LogP contribution in [0.5, 0.6) is 0 Å². The second-order valence-electron chi connectivity index (χ2n) is 4.34. The number of benzene rings is 1. The SMILES string of the molecule is Cc1c(C(=O)Nc2c(Br)cc(Br)cc2C(=O)O)cnn1C. The molecule has 2 N–H and O–H groups in total. The van der Waals surface area contributed by atoms with Crippen LogP contribution in [0.15, 0.2) is 27.3 Å². The lowest BCUT2D eigenvalue weighted by Gasteiger charge is -2.11. The summed E-state index contributed by atoms with van der Waals surface area (Å²) in [7, 11) is 1.73. The molecule has 8 heteroatoms. The first-order chi connectivity index (χ1) is 9.81. The lowest BCUT2D eigenvalue weighted by Crippen LogP contribution is -2.16. The number of hydrogen-bond donors (Lipinski definition) is 2. The van der Waals surface area contributed by atoms with Crippen molar-refractivity contribution in [2.45, 2.75) is 6.92 Å². The van der Waals surface area contributed by atoms with Gasteiger partial charge in [0, 0.05) is 21.7 Å². The Morgan fingerprint density at radius 3 is 2.48 bits per heavy atom. The number of rotatable bonds is 3. The number of carbonyl (C=O) groups excluding carboxylic acids is 1. The van der Waals surface area contributed by atoms with E-state index in [4.69, 9.17) is 0 Å². The van der Waals surface area contributed by atoms with E-state index in [1.165, 1.54) is 12.3 Å². The van der Waals surface area contributed by atoms with Crippen molar-refractivity contribution in [3.8, 4) is 0 Å². The van der Waals surface area contributed by atoms with Gasteiger partial charge < -0.3 is 10.4 Å². The fourth-order valence-corrected chi connectivity index (χ4v) is 3.10. The Hall–Kier alpha value is -1.67. The van der Waals surface area contributed by atoms with Crippen molar-refractivity contribution in [1.82, 2.24) is 9.78 Å². The van der Waals surface area contributed by atoms with Crippen LogP contribution in [0.1, 0.15) is 26.4 Å². The molecule has 0 aliphatic heterocycles. The van der Waals surface area contributed by atoms with Crippen molar-refractivity contribution < 1.29 is 14.7 Å². The highest BCUT2D eigenvalue weighted by Crippen LogP contribution is 2.31. The maximum Gasteiger partial charge on any atom is 0.337 e. The number of amides is 1. The number of carbonyl (C=O) groups is 2. The number of nitrogens with one attached hydrogen (secondary N) is 1. The summed E-state index contributed by atoms with van der Waals surface area (Å²) in [4.78, 5) is 23.6. The van der Waals surface area contributed by atoms with Gasteiger partial charge in [0.25, 0.3) is 5.91 Å². The van der Waals surface area contributed by atoms with Crippen molar-refractivity contribution in [1.29, 1.82) is 0 Å². The van der Waals surface area contributed by atoms with E-state index >= 15 is 0 Å². The van der Waals surface area contributed by atoms with E-state index in [1.807, 2.05) is 0 Å². The number of aromatic nitrogens is 2. The molecule has 0 saturated carbocycles. The molecular formula is C13H11Br2N3O3. The monoisotopic (exact) mass is 415 g/mol. The van der Waals surface area contributed by atoms with Crippen molar-refractivity contribution in [2.75, 3.05) is 5.32 Å². The first-order valence-corrected chi connectivity index (χ1v) is 7.42. The summed E-state index contributed by atoms with van der Waals surface area (Å²) < 4.78 is 2.65. The molecule has 0 aliphatic rings. The van der Waals surface area contributed by atoms with Crippen molar-refractivity contribution >= 4 is 49.4 Å². The normalized spacial score (nSPS) is 10.5. The largest absolute Gasteiger partial charge is 0.478 e. The van der Waals surface area contributed by atoms with Gasteiger partial charge in [0.05, 0.1) is 23.0 Å². The van der Waals surface area contributed by atoms with Gasteiger partial charge in [0.15, 0.2) is 0 Å². The molecule has 2 rings (SSSR count). The molecular weight excluding hydrogens is 406 g/mol. The van der Waals surface area contributed by atoms with Crippen LogP contribution in [0.25, 0.3) is 0 Å². The predicted octanol–water partition coefficient (Wildman–Crippen LogP) is 3.20. The van der Waals surface area contributed by atoms with Gasteiger partial charge in [-0.15, -0.1) is 0 Å².